The number of aliphatic carboxylic acids is 1. The number of aryl methyl sites for hydroxylation is 1. The molecule has 1 atom stereocenters. The normalized spacial score (nSPS) is 16.7. The van der Waals surface area contributed by atoms with Crippen molar-refractivity contribution in [1.82, 2.24) is 15.0 Å². The monoisotopic (exact) mass is 397 g/mol. The van der Waals surface area contributed by atoms with Crippen molar-refractivity contribution in [2.24, 2.45) is 0 Å². The fourth-order valence-corrected chi connectivity index (χ4v) is 3.33. The third kappa shape index (κ3) is 3.77. The van der Waals surface area contributed by atoms with Gasteiger partial charge in [0.15, 0.2) is 5.82 Å². The van der Waals surface area contributed by atoms with Gasteiger partial charge in [0, 0.05) is 17.7 Å². The number of ether oxygens (including phenoxy) is 1. The summed E-state index contributed by atoms with van der Waals surface area (Å²) in [7, 11) is 0. The van der Waals surface area contributed by atoms with E-state index in [1.54, 1.807) is 11.8 Å². The van der Waals surface area contributed by atoms with Crippen LogP contribution in [0.15, 0.2) is 45.5 Å². The molecule has 1 unspecified atom stereocenters. The quantitative estimate of drug-likeness (QED) is 0.697. The summed E-state index contributed by atoms with van der Waals surface area (Å²) in [6, 6.07) is 8.77. The number of amides is 1. The molecule has 1 aliphatic heterocycles. The van der Waals surface area contributed by atoms with Gasteiger partial charge in [-0.2, -0.15) is 4.98 Å². The lowest BCUT2D eigenvalue weighted by Crippen LogP contribution is -2.44. The van der Waals surface area contributed by atoms with Crippen LogP contribution >= 0.6 is 0 Å². The van der Waals surface area contributed by atoms with E-state index in [-0.39, 0.29) is 30.3 Å². The summed E-state index contributed by atoms with van der Waals surface area (Å²) in [4.78, 5) is 30.4. The van der Waals surface area contributed by atoms with Gasteiger partial charge in [0.1, 0.15) is 18.2 Å². The molecular weight excluding hydrogens is 378 g/mol. The number of furan rings is 1. The van der Waals surface area contributed by atoms with Gasteiger partial charge in [0.2, 0.25) is 0 Å². The first kappa shape index (κ1) is 18.9. The molecule has 1 N–H and O–H groups in total. The molecule has 0 saturated carbocycles. The van der Waals surface area contributed by atoms with Crippen molar-refractivity contribution < 1.29 is 28.4 Å². The maximum atomic E-state index is 13.3. The second-order valence-corrected chi connectivity index (χ2v) is 6.70. The van der Waals surface area contributed by atoms with Crippen LogP contribution in [0.3, 0.4) is 0 Å². The molecule has 4 rings (SSSR count). The van der Waals surface area contributed by atoms with Crippen LogP contribution in [0.1, 0.15) is 33.5 Å². The van der Waals surface area contributed by atoms with Crippen molar-refractivity contribution in [1.29, 1.82) is 0 Å². The van der Waals surface area contributed by atoms with E-state index in [0.29, 0.717) is 30.4 Å². The van der Waals surface area contributed by atoms with Crippen LogP contribution in [-0.4, -0.2) is 51.8 Å². The minimum absolute atomic E-state index is 0.128. The van der Waals surface area contributed by atoms with E-state index >= 15 is 0 Å². The Hall–Kier alpha value is -3.46. The van der Waals surface area contributed by atoms with Crippen molar-refractivity contribution in [2.45, 2.75) is 19.4 Å². The number of carbonyl (C=O) groups excluding carboxylic acids is 1. The molecule has 150 valence electrons. The zero-order chi connectivity index (χ0) is 20.4. The minimum atomic E-state index is -1.07. The van der Waals surface area contributed by atoms with Crippen LogP contribution in [0.2, 0.25) is 0 Å². The summed E-state index contributed by atoms with van der Waals surface area (Å²) >= 11 is 0. The van der Waals surface area contributed by atoms with Gasteiger partial charge in [-0.15, -0.1) is 0 Å². The van der Waals surface area contributed by atoms with Crippen molar-refractivity contribution in [2.75, 3.05) is 19.8 Å². The highest BCUT2D eigenvalue weighted by molar-refractivity contribution is 5.97. The van der Waals surface area contributed by atoms with Crippen molar-refractivity contribution >= 4 is 11.9 Å². The highest BCUT2D eigenvalue weighted by atomic mass is 16.5. The maximum Gasteiger partial charge on any atom is 0.311 e. The first-order chi connectivity index (χ1) is 14.0. The molecule has 1 fully saturated rings. The maximum absolute atomic E-state index is 13.3. The Bertz CT molecular complexity index is 1030. The first-order valence-electron chi connectivity index (χ1n) is 9.11. The highest BCUT2D eigenvalue weighted by Gasteiger charge is 2.35. The molecular formula is C20H19N3O6. The second kappa shape index (κ2) is 7.88. The molecule has 0 bridgehead atoms. The summed E-state index contributed by atoms with van der Waals surface area (Å²) in [5.41, 5.74) is 1.61. The van der Waals surface area contributed by atoms with Crippen molar-refractivity contribution in [3.05, 3.63) is 59.3 Å². The number of rotatable bonds is 5. The molecule has 3 heterocycles. The zero-order valence-electron chi connectivity index (χ0n) is 15.7. The number of hydrogen-bond donors (Lipinski definition) is 1. The SMILES string of the molecule is Cc1coc(CC(=O)O)c1C(=O)N1CCOCC1c1noc(-c2ccccc2)n1. The fraction of sp³-hybridized carbons (Fsp3) is 0.300. The Morgan fingerprint density at radius 2 is 2.07 bits per heavy atom. The number of carboxylic acids is 1. The summed E-state index contributed by atoms with van der Waals surface area (Å²) in [5, 5.41) is 13.1. The van der Waals surface area contributed by atoms with Gasteiger partial charge >= 0.3 is 5.97 Å². The molecule has 2 aromatic heterocycles. The van der Waals surface area contributed by atoms with Crippen LogP contribution in [0, 0.1) is 6.92 Å². The van der Waals surface area contributed by atoms with Crippen LogP contribution in [0.5, 0.6) is 0 Å². The number of carboxylic acid groups (broad SMARTS) is 1. The van der Waals surface area contributed by atoms with E-state index < -0.39 is 12.0 Å². The lowest BCUT2D eigenvalue weighted by molar-refractivity contribution is -0.136. The molecule has 1 saturated heterocycles. The van der Waals surface area contributed by atoms with Crippen LogP contribution in [0.25, 0.3) is 11.5 Å². The van der Waals surface area contributed by atoms with Gasteiger partial charge < -0.3 is 23.7 Å². The Balaban J connectivity index is 1.64. The third-order valence-corrected chi connectivity index (χ3v) is 4.73. The number of carbonyl (C=O) groups is 2. The molecule has 1 amide bonds. The second-order valence-electron chi connectivity index (χ2n) is 6.70. The fourth-order valence-electron chi connectivity index (χ4n) is 3.33. The standard InChI is InChI=1S/C20H19N3O6/c1-12-10-28-15(9-16(24)25)17(12)20(26)23-7-8-27-11-14(23)18-21-19(29-22-18)13-5-3-2-4-6-13/h2-6,10,14H,7-9,11H2,1H3,(H,24,25). The average Bonchev–Trinajstić information content (AvgIpc) is 3.35. The van der Waals surface area contributed by atoms with Gasteiger partial charge in [-0.1, -0.05) is 23.4 Å². The Morgan fingerprint density at radius 1 is 1.28 bits per heavy atom. The van der Waals surface area contributed by atoms with Crippen LogP contribution in [0.4, 0.5) is 0 Å². The van der Waals surface area contributed by atoms with Gasteiger partial charge in [0.25, 0.3) is 11.8 Å². The summed E-state index contributed by atoms with van der Waals surface area (Å²) < 4.78 is 16.2. The highest BCUT2D eigenvalue weighted by Crippen LogP contribution is 2.29. The van der Waals surface area contributed by atoms with E-state index in [2.05, 4.69) is 10.1 Å². The lowest BCUT2D eigenvalue weighted by atomic mass is 10.1. The van der Waals surface area contributed by atoms with Gasteiger partial charge in [-0.3, -0.25) is 9.59 Å². The van der Waals surface area contributed by atoms with Gasteiger partial charge in [-0.25, -0.2) is 0 Å². The molecule has 3 aromatic rings. The van der Waals surface area contributed by atoms with Crippen LogP contribution in [-0.2, 0) is 16.0 Å². The first-order valence-corrected chi connectivity index (χ1v) is 9.11. The summed E-state index contributed by atoms with van der Waals surface area (Å²) in [5.74, 6) is -0.602. The molecule has 0 spiro atoms. The molecule has 0 radical (unpaired) electrons. The summed E-state index contributed by atoms with van der Waals surface area (Å²) in [6.07, 6.45) is 1.02. The van der Waals surface area contributed by atoms with E-state index in [4.69, 9.17) is 18.8 Å². The van der Waals surface area contributed by atoms with Crippen molar-refractivity contribution in [3.63, 3.8) is 0 Å². The predicted octanol–water partition coefficient (Wildman–Crippen LogP) is 2.48. The summed E-state index contributed by atoms with van der Waals surface area (Å²) in [6.45, 7) is 2.59. The minimum Gasteiger partial charge on any atom is -0.481 e. The van der Waals surface area contributed by atoms with Crippen LogP contribution < -0.4 is 0 Å². The number of benzene rings is 1. The van der Waals surface area contributed by atoms with E-state index in [1.165, 1.54) is 6.26 Å². The van der Waals surface area contributed by atoms with Gasteiger partial charge in [0.05, 0.1) is 25.0 Å². The molecule has 1 aromatic carbocycles. The largest absolute Gasteiger partial charge is 0.481 e. The lowest BCUT2D eigenvalue weighted by Gasteiger charge is -2.33. The topological polar surface area (TPSA) is 119 Å². The van der Waals surface area contributed by atoms with Gasteiger partial charge in [-0.05, 0) is 19.1 Å². The third-order valence-electron chi connectivity index (χ3n) is 4.73. The van der Waals surface area contributed by atoms with E-state index in [0.717, 1.165) is 5.56 Å². The number of aromatic nitrogens is 2. The van der Waals surface area contributed by atoms with Crippen molar-refractivity contribution in [3.8, 4) is 11.5 Å². The number of morpholine rings is 1. The molecule has 9 nitrogen and oxygen atoms in total. The Labute approximate surface area is 165 Å². The molecule has 1 aliphatic rings. The molecule has 9 heteroatoms. The predicted molar refractivity (Wildman–Crippen MR) is 99.1 cm³/mol. The average molecular weight is 397 g/mol. The van der Waals surface area contributed by atoms with E-state index in [1.807, 2.05) is 30.3 Å². The zero-order valence-corrected chi connectivity index (χ0v) is 15.7. The Morgan fingerprint density at radius 3 is 2.83 bits per heavy atom. The van der Waals surface area contributed by atoms with E-state index in [9.17, 15) is 9.59 Å². The molecule has 0 aliphatic carbocycles. The Kier molecular flexibility index (Phi) is 5.13. The number of hydrogen-bond acceptors (Lipinski definition) is 7. The smallest absolute Gasteiger partial charge is 0.311 e. The molecule has 29 heavy (non-hydrogen) atoms. The number of nitrogens with zero attached hydrogens (tertiary/aromatic N) is 3.